The Bertz CT molecular complexity index is 1360. The Balaban J connectivity index is 2.00. The Morgan fingerprint density at radius 3 is 2.21 bits per heavy atom. The van der Waals surface area contributed by atoms with Gasteiger partial charge in [-0.1, -0.05) is 54.1 Å². The second kappa shape index (κ2) is 13.3. The van der Waals surface area contributed by atoms with Crippen molar-refractivity contribution in [2.45, 2.75) is 51.1 Å². The number of nitrogens with zero attached hydrogens (tertiary/aromatic N) is 2. The lowest BCUT2D eigenvalue weighted by Crippen LogP contribution is -2.53. The number of methoxy groups -OCH3 is 1. The summed E-state index contributed by atoms with van der Waals surface area (Å²) in [4.78, 5) is 28.3. The summed E-state index contributed by atoms with van der Waals surface area (Å²) >= 11 is 0. The summed E-state index contributed by atoms with van der Waals surface area (Å²) in [6.07, 6.45) is 0.510. The highest BCUT2D eigenvalue weighted by atomic mass is 32.2. The van der Waals surface area contributed by atoms with E-state index in [1.807, 2.05) is 51.1 Å². The van der Waals surface area contributed by atoms with Crippen LogP contribution in [0.15, 0.2) is 83.8 Å². The van der Waals surface area contributed by atoms with E-state index in [9.17, 15) is 18.0 Å². The third-order valence-electron chi connectivity index (χ3n) is 6.31. The standard InChI is InChI=1S/C30H37N3O5S/c1-22(2)31-30(35)24(4)32(19-18-25-10-7-6-8-11-25)29(34)21-33(26-12-9-13-27(20-26)38-5)39(36,37)28-16-14-23(3)15-17-28/h6-17,20,22,24H,18-19,21H2,1-5H3,(H,31,35)/t24-/m0/s1. The average molecular weight is 552 g/mol. The lowest BCUT2D eigenvalue weighted by molar-refractivity contribution is -0.139. The second-order valence-corrected chi connectivity index (χ2v) is 11.6. The zero-order valence-corrected chi connectivity index (χ0v) is 23.9. The lowest BCUT2D eigenvalue weighted by atomic mass is 10.1. The van der Waals surface area contributed by atoms with Crippen LogP contribution in [0.3, 0.4) is 0 Å². The van der Waals surface area contributed by atoms with E-state index < -0.39 is 28.5 Å². The molecule has 0 bridgehead atoms. The largest absolute Gasteiger partial charge is 0.497 e. The Kier molecular flexibility index (Phi) is 10.1. The fraction of sp³-hybridized carbons (Fsp3) is 0.333. The smallest absolute Gasteiger partial charge is 0.264 e. The minimum atomic E-state index is -4.13. The zero-order valence-electron chi connectivity index (χ0n) is 23.1. The van der Waals surface area contributed by atoms with Gasteiger partial charge in [0.2, 0.25) is 11.8 Å². The number of hydrogen-bond donors (Lipinski definition) is 1. The van der Waals surface area contributed by atoms with Crippen LogP contribution in [0.4, 0.5) is 5.69 Å². The van der Waals surface area contributed by atoms with Crippen molar-refractivity contribution in [2.75, 3.05) is 24.5 Å². The van der Waals surface area contributed by atoms with Crippen LogP contribution in [-0.2, 0) is 26.0 Å². The molecule has 3 aromatic rings. The first-order chi connectivity index (χ1) is 18.5. The van der Waals surface area contributed by atoms with Gasteiger partial charge in [0.1, 0.15) is 18.3 Å². The molecule has 1 atom stereocenters. The maximum absolute atomic E-state index is 13.9. The molecule has 0 radical (unpaired) electrons. The number of anilines is 1. The second-order valence-electron chi connectivity index (χ2n) is 9.69. The molecule has 0 unspecified atom stereocenters. The van der Waals surface area contributed by atoms with Crippen LogP contribution in [0.5, 0.6) is 5.75 Å². The number of carbonyl (C=O) groups is 2. The number of rotatable bonds is 12. The molecule has 0 aromatic heterocycles. The van der Waals surface area contributed by atoms with Gasteiger partial charge in [0.25, 0.3) is 10.0 Å². The van der Waals surface area contributed by atoms with E-state index in [1.54, 1.807) is 43.3 Å². The molecule has 9 heteroatoms. The minimum absolute atomic E-state index is 0.0603. The fourth-order valence-corrected chi connectivity index (χ4v) is 5.51. The van der Waals surface area contributed by atoms with Gasteiger partial charge in [-0.3, -0.25) is 13.9 Å². The lowest BCUT2D eigenvalue weighted by Gasteiger charge is -2.32. The minimum Gasteiger partial charge on any atom is -0.497 e. The van der Waals surface area contributed by atoms with E-state index >= 15 is 0 Å². The van der Waals surface area contributed by atoms with Crippen molar-refractivity contribution in [3.05, 3.63) is 90.0 Å². The maximum atomic E-state index is 13.9. The van der Waals surface area contributed by atoms with Gasteiger partial charge >= 0.3 is 0 Å². The molecule has 0 aliphatic rings. The number of amides is 2. The molecule has 0 aliphatic heterocycles. The number of carbonyl (C=O) groups excluding carboxylic acids is 2. The quantitative estimate of drug-likeness (QED) is 0.364. The van der Waals surface area contributed by atoms with E-state index in [0.717, 1.165) is 15.4 Å². The first-order valence-electron chi connectivity index (χ1n) is 12.9. The molecule has 3 aromatic carbocycles. The Labute approximate surface area is 231 Å². The number of sulfonamides is 1. The molecule has 0 saturated heterocycles. The molecule has 208 valence electrons. The van der Waals surface area contributed by atoms with Crippen molar-refractivity contribution in [2.24, 2.45) is 0 Å². The number of benzene rings is 3. The SMILES string of the molecule is COc1cccc(N(CC(=O)N(CCc2ccccc2)[C@@H](C)C(=O)NC(C)C)S(=O)(=O)c2ccc(C)cc2)c1. The number of hydrogen-bond acceptors (Lipinski definition) is 5. The Morgan fingerprint density at radius 1 is 0.923 bits per heavy atom. The normalized spacial score (nSPS) is 12.1. The van der Waals surface area contributed by atoms with Crippen LogP contribution in [0.2, 0.25) is 0 Å². The van der Waals surface area contributed by atoms with Crippen molar-refractivity contribution >= 4 is 27.5 Å². The highest BCUT2D eigenvalue weighted by Crippen LogP contribution is 2.27. The molecule has 0 spiro atoms. The van der Waals surface area contributed by atoms with Crippen LogP contribution >= 0.6 is 0 Å². The van der Waals surface area contributed by atoms with Crippen molar-refractivity contribution in [1.82, 2.24) is 10.2 Å². The van der Waals surface area contributed by atoms with Gasteiger partial charge in [-0.05, 0) is 63.9 Å². The Hall–Kier alpha value is -3.85. The van der Waals surface area contributed by atoms with Crippen molar-refractivity contribution in [3.8, 4) is 5.75 Å². The third kappa shape index (κ3) is 7.83. The topological polar surface area (TPSA) is 96.0 Å². The van der Waals surface area contributed by atoms with Crippen molar-refractivity contribution < 1.29 is 22.7 Å². The molecular weight excluding hydrogens is 514 g/mol. The highest BCUT2D eigenvalue weighted by molar-refractivity contribution is 7.92. The van der Waals surface area contributed by atoms with Gasteiger partial charge in [-0.25, -0.2) is 8.42 Å². The van der Waals surface area contributed by atoms with Crippen molar-refractivity contribution in [3.63, 3.8) is 0 Å². The molecule has 0 fully saturated rings. The maximum Gasteiger partial charge on any atom is 0.264 e. The third-order valence-corrected chi connectivity index (χ3v) is 8.10. The summed E-state index contributed by atoms with van der Waals surface area (Å²) in [5, 5.41) is 2.86. The molecule has 8 nitrogen and oxygen atoms in total. The molecule has 0 heterocycles. The highest BCUT2D eigenvalue weighted by Gasteiger charge is 2.32. The van der Waals surface area contributed by atoms with Crippen molar-refractivity contribution in [1.29, 1.82) is 0 Å². The summed E-state index contributed by atoms with van der Waals surface area (Å²) in [5.74, 6) is -0.341. The van der Waals surface area contributed by atoms with Gasteiger partial charge in [0, 0.05) is 18.7 Å². The predicted molar refractivity (Wildman–Crippen MR) is 153 cm³/mol. The van der Waals surface area contributed by atoms with Gasteiger partial charge in [0.05, 0.1) is 17.7 Å². The molecule has 1 N–H and O–H groups in total. The molecule has 2 amide bonds. The molecule has 3 rings (SSSR count). The monoisotopic (exact) mass is 551 g/mol. The Morgan fingerprint density at radius 2 is 1.59 bits per heavy atom. The van der Waals surface area contributed by atoms with E-state index in [1.165, 1.54) is 24.1 Å². The van der Waals surface area contributed by atoms with Crippen LogP contribution in [-0.4, -0.2) is 57.4 Å². The molecule has 0 saturated carbocycles. The van der Waals surface area contributed by atoms with Gasteiger partial charge in [0.15, 0.2) is 0 Å². The average Bonchev–Trinajstić information content (AvgIpc) is 2.92. The van der Waals surface area contributed by atoms with Gasteiger partial charge in [-0.2, -0.15) is 0 Å². The first-order valence-corrected chi connectivity index (χ1v) is 14.3. The van der Waals surface area contributed by atoms with Crippen LogP contribution in [0.25, 0.3) is 0 Å². The van der Waals surface area contributed by atoms with E-state index in [2.05, 4.69) is 5.32 Å². The van der Waals surface area contributed by atoms with E-state index in [0.29, 0.717) is 12.2 Å². The van der Waals surface area contributed by atoms with E-state index in [4.69, 9.17) is 4.74 Å². The fourth-order valence-electron chi connectivity index (χ4n) is 4.11. The number of aryl methyl sites for hydroxylation is 1. The summed E-state index contributed by atoms with van der Waals surface area (Å²) < 4.78 is 34.1. The first kappa shape index (κ1) is 29.7. The molecule has 0 aliphatic carbocycles. The molecular formula is C30H37N3O5S. The number of nitrogens with one attached hydrogen (secondary N) is 1. The van der Waals surface area contributed by atoms with Gasteiger partial charge in [-0.15, -0.1) is 0 Å². The molecule has 39 heavy (non-hydrogen) atoms. The van der Waals surface area contributed by atoms with Crippen LogP contribution in [0, 0.1) is 6.92 Å². The summed E-state index contributed by atoms with van der Waals surface area (Å²) in [6, 6.07) is 21.7. The number of ether oxygens (including phenoxy) is 1. The van der Waals surface area contributed by atoms with Crippen LogP contribution < -0.4 is 14.4 Å². The summed E-state index contributed by atoms with van der Waals surface area (Å²) in [7, 11) is -2.64. The predicted octanol–water partition coefficient (Wildman–Crippen LogP) is 4.18. The zero-order chi connectivity index (χ0) is 28.6. The van der Waals surface area contributed by atoms with E-state index in [-0.39, 0.29) is 29.1 Å². The summed E-state index contributed by atoms with van der Waals surface area (Å²) in [5.41, 5.74) is 2.20. The van der Waals surface area contributed by atoms with Crippen LogP contribution in [0.1, 0.15) is 31.9 Å². The van der Waals surface area contributed by atoms with Gasteiger partial charge < -0.3 is 15.0 Å². The summed E-state index contributed by atoms with van der Waals surface area (Å²) in [6.45, 7) is 6.97.